The Labute approximate surface area is 380 Å². The van der Waals surface area contributed by atoms with Gasteiger partial charge in [-0.05, 0) is 64.2 Å². The van der Waals surface area contributed by atoms with Crippen molar-refractivity contribution in [3.05, 3.63) is 72.9 Å². The van der Waals surface area contributed by atoms with Crippen molar-refractivity contribution in [1.82, 2.24) is 0 Å². The highest BCUT2D eigenvalue weighted by molar-refractivity contribution is 7.45. The van der Waals surface area contributed by atoms with Crippen molar-refractivity contribution in [2.75, 3.05) is 47.5 Å². The zero-order valence-electron chi connectivity index (χ0n) is 40.3. The van der Waals surface area contributed by atoms with E-state index in [4.69, 9.17) is 18.5 Å². The Kier molecular flexibility index (Phi) is 41.9. The number of allylic oxidation sites excluding steroid dienone is 12. The van der Waals surface area contributed by atoms with E-state index in [1.54, 1.807) is 0 Å². The number of ether oxygens (including phenoxy) is 2. The molecule has 2 atom stereocenters. The van der Waals surface area contributed by atoms with Gasteiger partial charge in [-0.1, -0.05) is 189 Å². The van der Waals surface area contributed by atoms with Crippen LogP contribution in [0.2, 0.25) is 0 Å². The number of phosphoric acid groups is 1. The van der Waals surface area contributed by atoms with E-state index in [9.17, 15) is 19.0 Å². The van der Waals surface area contributed by atoms with E-state index in [1.165, 1.54) is 64.2 Å². The SMILES string of the molecule is CC/C=C\C/C=C\C/C=C\C/C=C\C/C=C\C/C=C\CCCCCCCCC(=O)OC(COC(=O)CCCCCCCCCCCCCCC)COP(=O)([O-])OCC[N+](C)(C)C. The van der Waals surface area contributed by atoms with Crippen molar-refractivity contribution in [1.29, 1.82) is 0 Å². The summed E-state index contributed by atoms with van der Waals surface area (Å²) in [6, 6.07) is 0. The predicted octanol–water partition coefficient (Wildman–Crippen LogP) is 13.9. The maximum atomic E-state index is 12.7. The van der Waals surface area contributed by atoms with Crippen molar-refractivity contribution in [3.63, 3.8) is 0 Å². The number of hydrogen-bond donors (Lipinski definition) is 0. The summed E-state index contributed by atoms with van der Waals surface area (Å²) >= 11 is 0. The number of carbonyl (C=O) groups is 2. The zero-order valence-corrected chi connectivity index (χ0v) is 41.2. The number of rotatable bonds is 44. The molecule has 0 saturated carbocycles. The van der Waals surface area contributed by atoms with Gasteiger partial charge >= 0.3 is 11.9 Å². The minimum absolute atomic E-state index is 0.0364. The summed E-state index contributed by atoms with van der Waals surface area (Å²) in [7, 11) is 1.15. The highest BCUT2D eigenvalue weighted by atomic mass is 31.2. The number of hydrogen-bond acceptors (Lipinski definition) is 8. The van der Waals surface area contributed by atoms with Crippen molar-refractivity contribution in [2.24, 2.45) is 0 Å². The molecule has 0 fully saturated rings. The lowest BCUT2D eigenvalue weighted by atomic mass is 10.0. The summed E-state index contributed by atoms with van der Waals surface area (Å²) < 4.78 is 34.0. The Hall–Kier alpha value is -2.55. The molecule has 0 amide bonds. The Morgan fingerprint density at radius 2 is 0.919 bits per heavy atom. The first kappa shape index (κ1) is 59.5. The molecule has 0 N–H and O–H groups in total. The van der Waals surface area contributed by atoms with Crippen LogP contribution >= 0.6 is 7.82 Å². The van der Waals surface area contributed by atoms with Crippen LogP contribution in [-0.2, 0) is 32.7 Å². The molecule has 358 valence electrons. The lowest BCUT2D eigenvalue weighted by Gasteiger charge is -2.28. The molecule has 0 aliphatic carbocycles. The minimum Gasteiger partial charge on any atom is -0.756 e. The molecule has 0 heterocycles. The highest BCUT2D eigenvalue weighted by Gasteiger charge is 2.21. The second kappa shape index (κ2) is 43.7. The fourth-order valence-corrected chi connectivity index (χ4v) is 7.15. The molecule has 0 spiro atoms. The molecule has 9 nitrogen and oxygen atoms in total. The summed E-state index contributed by atoms with van der Waals surface area (Å²) in [4.78, 5) is 37.6. The van der Waals surface area contributed by atoms with Crippen LogP contribution in [0.3, 0.4) is 0 Å². The third-order valence-electron chi connectivity index (χ3n) is 10.2. The van der Waals surface area contributed by atoms with Gasteiger partial charge in [-0.2, -0.15) is 0 Å². The van der Waals surface area contributed by atoms with Crippen molar-refractivity contribution >= 4 is 19.8 Å². The van der Waals surface area contributed by atoms with Crippen LogP contribution in [0.1, 0.15) is 194 Å². The van der Waals surface area contributed by atoms with Crippen molar-refractivity contribution in [2.45, 2.75) is 200 Å². The van der Waals surface area contributed by atoms with Gasteiger partial charge in [-0.15, -0.1) is 0 Å². The number of esters is 2. The lowest BCUT2D eigenvalue weighted by Crippen LogP contribution is -2.37. The van der Waals surface area contributed by atoms with Crippen LogP contribution in [0.25, 0.3) is 0 Å². The van der Waals surface area contributed by atoms with Crippen LogP contribution in [-0.4, -0.2) is 70.0 Å². The molecule has 0 saturated heterocycles. The summed E-state index contributed by atoms with van der Waals surface area (Å²) in [5, 5.41) is 0. The predicted molar refractivity (Wildman–Crippen MR) is 259 cm³/mol. The van der Waals surface area contributed by atoms with E-state index in [1.807, 2.05) is 21.1 Å². The monoisotopic (exact) mass is 890 g/mol. The number of carbonyl (C=O) groups excluding carboxylic acids is 2. The Bertz CT molecular complexity index is 1280. The first-order valence-electron chi connectivity index (χ1n) is 24.6. The molecular formula is C52H92NO8P. The smallest absolute Gasteiger partial charge is 0.306 e. The van der Waals surface area contributed by atoms with Gasteiger partial charge < -0.3 is 27.9 Å². The third-order valence-corrected chi connectivity index (χ3v) is 11.2. The number of quaternary nitrogens is 1. The Morgan fingerprint density at radius 3 is 1.37 bits per heavy atom. The standard InChI is InChI=1S/C52H92NO8P/c1-6-8-10-12-14-16-18-20-21-22-23-24-25-26-27-28-29-30-31-33-35-37-39-41-43-45-52(55)61-50(49-60-62(56,57)59-47-46-53(3,4)5)48-58-51(54)44-42-40-38-36-34-32-19-17-15-13-11-9-7-2/h8,10,14,16,20-21,23-24,26-27,29-30,50H,6-7,9,11-13,15,17-19,22,25,28,31-49H2,1-5H3/b10-8-,16-14-,21-20-,24-23-,27-26-,30-29-. The van der Waals surface area contributed by atoms with Gasteiger partial charge in [0.1, 0.15) is 19.8 Å². The Morgan fingerprint density at radius 1 is 0.516 bits per heavy atom. The normalized spacial score (nSPS) is 14.1. The van der Waals surface area contributed by atoms with Gasteiger partial charge in [0.15, 0.2) is 6.10 Å². The molecule has 0 aromatic carbocycles. The van der Waals surface area contributed by atoms with E-state index in [2.05, 4.69) is 86.8 Å². The van der Waals surface area contributed by atoms with Gasteiger partial charge in [0.2, 0.25) is 0 Å². The van der Waals surface area contributed by atoms with Gasteiger partial charge in [-0.3, -0.25) is 14.2 Å². The largest absolute Gasteiger partial charge is 0.756 e. The summed E-state index contributed by atoms with van der Waals surface area (Å²) in [5.74, 6) is -0.852. The number of nitrogens with zero attached hydrogens (tertiary/aromatic N) is 1. The second-order valence-electron chi connectivity index (χ2n) is 17.5. The molecule has 0 radical (unpaired) electrons. The minimum atomic E-state index is -4.63. The van der Waals surface area contributed by atoms with Crippen LogP contribution in [0.4, 0.5) is 0 Å². The van der Waals surface area contributed by atoms with Gasteiger partial charge in [0, 0.05) is 12.8 Å². The van der Waals surface area contributed by atoms with Gasteiger partial charge in [0.25, 0.3) is 7.82 Å². The molecule has 0 aliphatic rings. The average molecular weight is 890 g/mol. The van der Waals surface area contributed by atoms with E-state index in [0.29, 0.717) is 17.4 Å². The quantitative estimate of drug-likeness (QED) is 0.0195. The molecule has 0 bridgehead atoms. The molecule has 0 aliphatic heterocycles. The number of phosphoric ester groups is 1. The molecular weight excluding hydrogens is 798 g/mol. The third kappa shape index (κ3) is 46.9. The second-order valence-corrected chi connectivity index (χ2v) is 18.9. The maximum Gasteiger partial charge on any atom is 0.306 e. The maximum absolute atomic E-state index is 12.7. The first-order chi connectivity index (χ1) is 30.0. The molecule has 62 heavy (non-hydrogen) atoms. The van der Waals surface area contributed by atoms with E-state index >= 15 is 0 Å². The number of unbranched alkanes of at least 4 members (excludes halogenated alkanes) is 18. The highest BCUT2D eigenvalue weighted by Crippen LogP contribution is 2.38. The fraction of sp³-hybridized carbons (Fsp3) is 0.731. The lowest BCUT2D eigenvalue weighted by molar-refractivity contribution is -0.870. The molecule has 0 rings (SSSR count). The van der Waals surface area contributed by atoms with E-state index in [-0.39, 0.29) is 32.0 Å². The van der Waals surface area contributed by atoms with Crippen LogP contribution in [0.5, 0.6) is 0 Å². The van der Waals surface area contributed by atoms with Gasteiger partial charge in [-0.25, -0.2) is 0 Å². The van der Waals surface area contributed by atoms with E-state index < -0.39 is 26.5 Å². The summed E-state index contributed by atoms with van der Waals surface area (Å²) in [6.45, 7) is 4.09. The van der Waals surface area contributed by atoms with Gasteiger partial charge in [0.05, 0.1) is 27.7 Å². The average Bonchev–Trinajstić information content (AvgIpc) is 3.23. The van der Waals surface area contributed by atoms with Crippen LogP contribution in [0, 0.1) is 0 Å². The topological polar surface area (TPSA) is 111 Å². The van der Waals surface area contributed by atoms with Crippen LogP contribution < -0.4 is 4.89 Å². The fourth-order valence-electron chi connectivity index (χ4n) is 6.42. The molecule has 2 unspecified atom stereocenters. The summed E-state index contributed by atoms with van der Waals surface area (Å²) in [5.41, 5.74) is 0. The van der Waals surface area contributed by atoms with Crippen LogP contribution in [0.15, 0.2) is 72.9 Å². The number of likely N-dealkylation sites (N-methyl/N-ethyl adjacent to an activating group) is 1. The Balaban J connectivity index is 4.30. The first-order valence-corrected chi connectivity index (χ1v) is 26.1. The summed E-state index contributed by atoms with van der Waals surface area (Å²) in [6.07, 6.45) is 55.0. The zero-order chi connectivity index (χ0) is 45.7. The molecule has 10 heteroatoms. The van der Waals surface area contributed by atoms with Crippen molar-refractivity contribution in [3.8, 4) is 0 Å². The van der Waals surface area contributed by atoms with Crippen molar-refractivity contribution < 1.29 is 42.1 Å². The molecule has 0 aromatic rings. The van der Waals surface area contributed by atoms with E-state index in [0.717, 1.165) is 96.3 Å². The molecule has 0 aromatic heterocycles.